The zero-order valence-electron chi connectivity index (χ0n) is 34.5. The van der Waals surface area contributed by atoms with Crippen molar-refractivity contribution >= 4 is 36.7 Å². The van der Waals surface area contributed by atoms with Crippen LogP contribution in [0.2, 0.25) is 55.9 Å². The van der Waals surface area contributed by atoms with Gasteiger partial charge in [-0.25, -0.2) is 4.79 Å². The lowest BCUT2D eigenvalue weighted by atomic mass is 9.82. The Morgan fingerprint density at radius 1 is 0.780 bits per heavy atom. The van der Waals surface area contributed by atoms with Crippen LogP contribution >= 0.6 is 0 Å². The summed E-state index contributed by atoms with van der Waals surface area (Å²) in [5.41, 5.74) is 0.392. The van der Waals surface area contributed by atoms with Crippen molar-refractivity contribution in [2.45, 2.75) is 162 Å². The molecule has 0 amide bonds. The van der Waals surface area contributed by atoms with Gasteiger partial charge in [-0.15, -0.1) is 0 Å². The van der Waals surface area contributed by atoms with Crippen molar-refractivity contribution in [1.82, 2.24) is 0 Å². The molecule has 0 bridgehead atoms. The molecule has 11 heteroatoms. The van der Waals surface area contributed by atoms with E-state index < -0.39 is 67.2 Å². The number of rotatable bonds is 17. The Morgan fingerprint density at radius 2 is 1.28 bits per heavy atom. The van der Waals surface area contributed by atoms with Crippen LogP contribution in [0.15, 0.2) is 30.3 Å². The molecule has 0 saturated carbocycles. The molecule has 0 aliphatic carbocycles. The summed E-state index contributed by atoms with van der Waals surface area (Å²) < 4.78 is 31.6. The summed E-state index contributed by atoms with van der Waals surface area (Å²) in [6, 6.07) is 8.78. The van der Waals surface area contributed by atoms with Gasteiger partial charge in [0.2, 0.25) is 0 Å². The Labute approximate surface area is 308 Å². The van der Waals surface area contributed by atoms with Crippen LogP contribution in [0.5, 0.6) is 0 Å². The Balaban J connectivity index is 3.59. The second kappa shape index (κ2) is 18.3. The van der Waals surface area contributed by atoms with Crippen LogP contribution in [-0.2, 0) is 27.5 Å². The first kappa shape index (κ1) is 46.2. The average molecular weight is 751 g/mol. The van der Waals surface area contributed by atoms with E-state index in [2.05, 4.69) is 79.8 Å². The minimum absolute atomic E-state index is 0.0203. The van der Waals surface area contributed by atoms with E-state index in [-0.39, 0.29) is 34.3 Å². The largest absolute Gasteiger partial charge is 0.501 e. The topological polar surface area (TPSA) is 101 Å². The Bertz CT molecular complexity index is 1280. The third-order valence-corrected chi connectivity index (χ3v) is 20.4. The molecule has 1 rings (SSSR count). The van der Waals surface area contributed by atoms with Crippen LogP contribution in [-0.4, -0.2) is 79.4 Å². The molecule has 1 aromatic rings. The molecule has 1 aromatic carbocycles. The Kier molecular flexibility index (Phi) is 16.9. The van der Waals surface area contributed by atoms with Gasteiger partial charge in [-0.1, -0.05) is 80.5 Å². The summed E-state index contributed by atoms with van der Waals surface area (Å²) in [7, 11) is -5.02. The van der Waals surface area contributed by atoms with Crippen molar-refractivity contribution in [2.24, 2.45) is 17.8 Å². The predicted octanol–water partition coefficient (Wildman–Crippen LogP) is 9.07. The molecule has 0 heterocycles. The summed E-state index contributed by atoms with van der Waals surface area (Å²) in [6.45, 7) is 35.4. The van der Waals surface area contributed by atoms with Crippen LogP contribution in [0.25, 0.3) is 0 Å². The lowest BCUT2D eigenvalue weighted by molar-refractivity contribution is -0.132. The quantitative estimate of drug-likeness (QED) is 0.0957. The highest BCUT2D eigenvalue weighted by atomic mass is 28.4. The third kappa shape index (κ3) is 13.6. The van der Waals surface area contributed by atoms with Gasteiger partial charge >= 0.3 is 5.97 Å². The van der Waals surface area contributed by atoms with Gasteiger partial charge in [-0.2, -0.15) is 0 Å². The molecule has 0 aromatic heterocycles. The predicted molar refractivity (Wildman–Crippen MR) is 212 cm³/mol. The number of benzene rings is 1. The van der Waals surface area contributed by atoms with Gasteiger partial charge in [0.1, 0.15) is 11.9 Å². The molecule has 8 nitrogen and oxygen atoms in total. The fraction of sp³-hybridized carbons (Fsp3) is 0.744. The minimum Gasteiger partial charge on any atom is -0.501 e. The highest BCUT2D eigenvalue weighted by molar-refractivity contribution is 6.74. The molecular formula is C39H70O8Si3. The van der Waals surface area contributed by atoms with E-state index in [1.54, 1.807) is 24.3 Å². The molecular weight excluding hydrogens is 681 g/mol. The monoisotopic (exact) mass is 750 g/mol. The van der Waals surface area contributed by atoms with Crippen molar-refractivity contribution < 1.29 is 37.4 Å². The number of carbonyl (C=O) groups is 2. The first-order valence-corrected chi connectivity index (χ1v) is 27.3. The summed E-state index contributed by atoms with van der Waals surface area (Å²) in [5, 5.41) is 11.3. The Morgan fingerprint density at radius 3 is 1.74 bits per heavy atom. The average Bonchev–Trinajstić information content (AvgIpc) is 2.98. The number of aliphatic hydroxyl groups excluding tert-OH is 1. The number of ether oxygens (including phenoxy) is 2. The van der Waals surface area contributed by atoms with E-state index in [0.29, 0.717) is 5.56 Å². The molecule has 1 N–H and O–H groups in total. The Hall–Kier alpha value is -1.79. The van der Waals surface area contributed by atoms with E-state index in [4.69, 9.17) is 22.8 Å². The molecule has 0 spiro atoms. The van der Waals surface area contributed by atoms with E-state index in [0.717, 1.165) is 0 Å². The maximum absolute atomic E-state index is 14.2. The zero-order valence-corrected chi connectivity index (χ0v) is 37.5. The molecule has 286 valence electrons. The van der Waals surface area contributed by atoms with Crippen molar-refractivity contribution in [2.75, 3.05) is 7.11 Å². The first-order chi connectivity index (χ1) is 22.6. The number of Topliss-reactive ketones (excluding diaryl/α,β-unsaturated/α-hetero) is 1. The molecule has 8 atom stereocenters. The fourth-order valence-electron chi connectivity index (χ4n) is 4.92. The van der Waals surface area contributed by atoms with E-state index >= 15 is 0 Å². The molecule has 0 aliphatic heterocycles. The number of esters is 1. The normalized spacial score (nSPS) is 18.0. The number of carbonyl (C=O) groups excluding carboxylic acids is 2. The van der Waals surface area contributed by atoms with Crippen molar-refractivity contribution in [3.05, 3.63) is 35.9 Å². The molecule has 50 heavy (non-hydrogen) atoms. The van der Waals surface area contributed by atoms with Gasteiger partial charge in [-0.3, -0.25) is 4.79 Å². The van der Waals surface area contributed by atoms with Crippen LogP contribution in [0.1, 0.15) is 86.0 Å². The first-order valence-electron chi connectivity index (χ1n) is 18.1. The number of hydrogen-bond acceptors (Lipinski definition) is 8. The SMILES string of the molecule is CO[C@@H](C#CO[Si](C)(C)C)[C@H](OC(=O)c1ccccc1)[C@H](C)[C@@H](O[Si](C)(C)C(C)(C)C)[C@H](C)C(=O)C[C@@H](O)[C@H](C)[C@@H](C)O[Si](C)(C)C(C)(C)C. The van der Waals surface area contributed by atoms with Gasteiger partial charge in [0, 0.05) is 37.4 Å². The summed E-state index contributed by atoms with van der Waals surface area (Å²) in [5.74, 6) is 0.959. The smallest absolute Gasteiger partial charge is 0.338 e. The van der Waals surface area contributed by atoms with Crippen molar-refractivity contribution in [1.29, 1.82) is 0 Å². The number of hydrogen-bond donors (Lipinski definition) is 1. The number of methoxy groups -OCH3 is 1. The van der Waals surface area contributed by atoms with Gasteiger partial charge in [0.15, 0.2) is 22.7 Å². The maximum atomic E-state index is 14.2. The molecule has 0 radical (unpaired) electrons. The summed E-state index contributed by atoms with van der Waals surface area (Å²) in [6.07, 6.45) is -0.804. The lowest BCUT2D eigenvalue weighted by Gasteiger charge is -2.44. The van der Waals surface area contributed by atoms with Crippen LogP contribution in [0.3, 0.4) is 0 Å². The summed E-state index contributed by atoms with van der Waals surface area (Å²) in [4.78, 5) is 27.7. The zero-order chi connectivity index (χ0) is 39.0. The highest BCUT2D eigenvalue weighted by Crippen LogP contribution is 2.41. The minimum atomic E-state index is -2.48. The van der Waals surface area contributed by atoms with Gasteiger partial charge in [-0.05, 0) is 80.9 Å². The third-order valence-electron chi connectivity index (χ3n) is 10.7. The van der Waals surface area contributed by atoms with Crippen LogP contribution < -0.4 is 0 Å². The molecule has 0 aliphatic rings. The molecule has 0 saturated heterocycles. The van der Waals surface area contributed by atoms with Crippen molar-refractivity contribution in [3.8, 4) is 12.0 Å². The lowest BCUT2D eigenvalue weighted by Crippen LogP contribution is -2.53. The van der Waals surface area contributed by atoms with E-state index in [1.807, 2.05) is 53.4 Å². The second-order valence-corrected chi connectivity index (χ2v) is 32.0. The van der Waals surface area contributed by atoms with E-state index in [1.165, 1.54) is 7.11 Å². The summed E-state index contributed by atoms with van der Waals surface area (Å²) >= 11 is 0. The van der Waals surface area contributed by atoms with Gasteiger partial charge in [0.25, 0.3) is 8.32 Å². The number of ketones is 1. The van der Waals surface area contributed by atoms with Crippen LogP contribution in [0, 0.1) is 29.8 Å². The van der Waals surface area contributed by atoms with Crippen molar-refractivity contribution in [3.63, 3.8) is 0 Å². The van der Waals surface area contributed by atoms with E-state index in [9.17, 15) is 14.7 Å². The van der Waals surface area contributed by atoms with Gasteiger partial charge in [0.05, 0.1) is 23.9 Å². The highest BCUT2D eigenvalue weighted by Gasteiger charge is 2.47. The second-order valence-electron chi connectivity index (χ2n) is 18.0. The molecule has 0 fully saturated rings. The maximum Gasteiger partial charge on any atom is 0.338 e. The standard InChI is InChI=1S/C39H70O8Si3/c1-27(30(4)46-49(15,16)38(5,6)7)32(40)26-33(41)28(2)35(47-50(17,18)39(8,9)10)29(3)36(34(43-11)24-25-44-48(12,13)14)45-37(42)31-22-20-19-21-23-31/h19-23,27-30,32,34-36,40H,26H2,1-18H3/t27-,28-,29-,30-,32-,34+,35+,36-/m1/s1. The number of aliphatic hydroxyl groups is 1. The van der Waals surface area contributed by atoms with Gasteiger partial charge < -0.3 is 27.9 Å². The fourth-order valence-corrected chi connectivity index (χ4v) is 8.23. The molecule has 0 unspecified atom stereocenters. The van der Waals surface area contributed by atoms with Crippen LogP contribution in [0.4, 0.5) is 0 Å².